The van der Waals surface area contributed by atoms with Crippen LogP contribution < -0.4 is 15.5 Å². The second-order valence-electron chi connectivity index (χ2n) is 7.80. The summed E-state index contributed by atoms with van der Waals surface area (Å²) in [6.45, 7) is 2.71. The first-order valence-corrected chi connectivity index (χ1v) is 10.6. The fourth-order valence-corrected chi connectivity index (χ4v) is 4.13. The average molecular weight is 509 g/mol. The van der Waals surface area contributed by atoms with Crippen molar-refractivity contribution in [2.75, 3.05) is 24.5 Å². The topological polar surface area (TPSA) is 65.7 Å². The van der Waals surface area contributed by atoms with E-state index in [4.69, 9.17) is 9.41 Å². The standard InChI is InChI=1S/C22H31N5O.HI/c1-2-7-18(8-3-1)25-22(24-14-11-20-9-6-16-28-20)26-19-12-15-27(17-19)21-10-4-5-13-23-21;/h4-6,9-10,13,16,18-19H,1-3,7-8,11-12,14-15,17H2,(H2,24,25,26);1H. The lowest BCUT2D eigenvalue weighted by Gasteiger charge is -2.26. The van der Waals surface area contributed by atoms with Gasteiger partial charge >= 0.3 is 0 Å². The van der Waals surface area contributed by atoms with Gasteiger partial charge in [0.1, 0.15) is 11.6 Å². The largest absolute Gasteiger partial charge is 0.469 e. The van der Waals surface area contributed by atoms with E-state index in [1.54, 1.807) is 6.26 Å². The maximum absolute atomic E-state index is 5.44. The lowest BCUT2D eigenvalue weighted by atomic mass is 9.96. The number of guanidine groups is 1. The fourth-order valence-electron chi connectivity index (χ4n) is 4.13. The molecule has 6 nitrogen and oxygen atoms in total. The van der Waals surface area contributed by atoms with E-state index in [-0.39, 0.29) is 24.0 Å². The summed E-state index contributed by atoms with van der Waals surface area (Å²) in [6, 6.07) is 11.0. The summed E-state index contributed by atoms with van der Waals surface area (Å²) in [5.74, 6) is 3.00. The van der Waals surface area contributed by atoms with E-state index in [9.17, 15) is 0 Å². The number of anilines is 1. The molecule has 0 aromatic carbocycles. The summed E-state index contributed by atoms with van der Waals surface area (Å²) in [7, 11) is 0. The van der Waals surface area contributed by atoms with Crippen molar-refractivity contribution in [3.8, 4) is 0 Å². The van der Waals surface area contributed by atoms with Crippen molar-refractivity contribution in [3.63, 3.8) is 0 Å². The number of rotatable bonds is 6. The molecule has 1 aliphatic carbocycles. The van der Waals surface area contributed by atoms with Gasteiger partial charge in [-0.1, -0.05) is 25.3 Å². The lowest BCUT2D eigenvalue weighted by Crippen LogP contribution is -2.49. The van der Waals surface area contributed by atoms with Gasteiger partial charge in [0.25, 0.3) is 0 Å². The maximum atomic E-state index is 5.44. The molecule has 1 aliphatic heterocycles. The number of aliphatic imine (C=N–C) groups is 1. The monoisotopic (exact) mass is 509 g/mol. The van der Waals surface area contributed by atoms with Crippen molar-refractivity contribution < 1.29 is 4.42 Å². The molecule has 1 saturated carbocycles. The molecule has 0 bridgehead atoms. The number of hydrogen-bond donors (Lipinski definition) is 2. The highest BCUT2D eigenvalue weighted by atomic mass is 127. The first kappa shape index (κ1) is 21.9. The fraction of sp³-hybridized carbons (Fsp3) is 0.545. The van der Waals surface area contributed by atoms with E-state index >= 15 is 0 Å². The minimum Gasteiger partial charge on any atom is -0.469 e. The Morgan fingerprint density at radius 2 is 1.93 bits per heavy atom. The third kappa shape index (κ3) is 6.62. The van der Waals surface area contributed by atoms with E-state index in [2.05, 4.69) is 32.7 Å². The number of aromatic nitrogens is 1. The zero-order valence-electron chi connectivity index (χ0n) is 16.9. The van der Waals surface area contributed by atoms with Crippen molar-refractivity contribution in [2.45, 2.75) is 57.0 Å². The molecule has 7 heteroatoms. The normalized spacial score (nSPS) is 20.3. The minimum atomic E-state index is 0. The Morgan fingerprint density at radius 3 is 2.69 bits per heavy atom. The van der Waals surface area contributed by atoms with Gasteiger partial charge in [-0.05, 0) is 43.5 Å². The van der Waals surface area contributed by atoms with Crippen LogP contribution in [-0.2, 0) is 6.42 Å². The van der Waals surface area contributed by atoms with Crippen LogP contribution in [0.3, 0.4) is 0 Å². The third-order valence-electron chi connectivity index (χ3n) is 5.66. The molecule has 1 unspecified atom stereocenters. The molecule has 1 atom stereocenters. The molecule has 0 radical (unpaired) electrons. The zero-order valence-corrected chi connectivity index (χ0v) is 19.3. The Balaban J connectivity index is 0.00000240. The number of furan rings is 1. The Bertz CT molecular complexity index is 731. The number of nitrogens with one attached hydrogen (secondary N) is 2. The van der Waals surface area contributed by atoms with E-state index < -0.39 is 0 Å². The van der Waals surface area contributed by atoms with Gasteiger partial charge in [-0.2, -0.15) is 0 Å². The van der Waals surface area contributed by atoms with E-state index in [0.717, 1.165) is 50.0 Å². The van der Waals surface area contributed by atoms with Crippen molar-refractivity contribution in [3.05, 3.63) is 48.6 Å². The molecule has 2 aromatic heterocycles. The zero-order chi connectivity index (χ0) is 19.0. The summed E-state index contributed by atoms with van der Waals surface area (Å²) in [5.41, 5.74) is 0. The van der Waals surface area contributed by atoms with Crippen LogP contribution in [-0.4, -0.2) is 42.7 Å². The van der Waals surface area contributed by atoms with E-state index in [0.29, 0.717) is 12.1 Å². The number of hydrogen-bond acceptors (Lipinski definition) is 4. The quantitative estimate of drug-likeness (QED) is 0.351. The first-order valence-electron chi connectivity index (χ1n) is 10.6. The van der Waals surface area contributed by atoms with Crippen molar-refractivity contribution in [2.24, 2.45) is 4.99 Å². The summed E-state index contributed by atoms with van der Waals surface area (Å²) < 4.78 is 5.44. The minimum absolute atomic E-state index is 0. The van der Waals surface area contributed by atoms with Crippen LogP contribution in [0.4, 0.5) is 5.82 Å². The molecule has 3 heterocycles. The second-order valence-corrected chi connectivity index (χ2v) is 7.80. The van der Waals surface area contributed by atoms with Crippen molar-refractivity contribution in [1.29, 1.82) is 0 Å². The molecule has 1 saturated heterocycles. The second kappa shape index (κ2) is 11.4. The molecular weight excluding hydrogens is 477 g/mol. The van der Waals surface area contributed by atoms with Gasteiger partial charge in [0.15, 0.2) is 5.96 Å². The predicted octanol–water partition coefficient (Wildman–Crippen LogP) is 3.98. The molecular formula is C22H32IN5O. The van der Waals surface area contributed by atoms with Gasteiger partial charge < -0.3 is 20.0 Å². The molecule has 4 rings (SSSR count). The molecule has 0 spiro atoms. The summed E-state index contributed by atoms with van der Waals surface area (Å²) in [4.78, 5) is 11.7. The maximum Gasteiger partial charge on any atom is 0.191 e. The van der Waals surface area contributed by atoms with Crippen LogP contribution >= 0.6 is 24.0 Å². The van der Waals surface area contributed by atoms with Crippen LogP contribution in [0.15, 0.2) is 52.2 Å². The van der Waals surface area contributed by atoms with E-state index in [1.807, 2.05) is 24.4 Å². The molecule has 2 fully saturated rings. The molecule has 158 valence electrons. The van der Waals surface area contributed by atoms with Crippen LogP contribution in [0.25, 0.3) is 0 Å². The molecule has 0 amide bonds. The van der Waals surface area contributed by atoms with Crippen LogP contribution in [0.1, 0.15) is 44.3 Å². The Labute approximate surface area is 190 Å². The molecule has 2 aromatic rings. The molecule has 2 N–H and O–H groups in total. The van der Waals surface area contributed by atoms with Gasteiger partial charge in [0, 0.05) is 44.3 Å². The molecule has 2 aliphatic rings. The van der Waals surface area contributed by atoms with Gasteiger partial charge in [0.2, 0.25) is 0 Å². The Hall–Kier alpha value is -1.77. The Morgan fingerprint density at radius 1 is 1.07 bits per heavy atom. The summed E-state index contributed by atoms with van der Waals surface area (Å²) in [6.07, 6.45) is 12.0. The van der Waals surface area contributed by atoms with Crippen molar-refractivity contribution in [1.82, 2.24) is 15.6 Å². The third-order valence-corrected chi connectivity index (χ3v) is 5.66. The highest BCUT2D eigenvalue weighted by Gasteiger charge is 2.25. The van der Waals surface area contributed by atoms with Crippen LogP contribution in [0.2, 0.25) is 0 Å². The highest BCUT2D eigenvalue weighted by Crippen LogP contribution is 2.19. The average Bonchev–Trinajstić information content (AvgIpc) is 3.42. The number of nitrogens with zero attached hydrogens (tertiary/aromatic N) is 3. The van der Waals surface area contributed by atoms with E-state index in [1.165, 1.54) is 32.1 Å². The lowest BCUT2D eigenvalue weighted by molar-refractivity contribution is 0.408. The molecule has 29 heavy (non-hydrogen) atoms. The van der Waals surface area contributed by atoms with Crippen molar-refractivity contribution >= 4 is 35.8 Å². The summed E-state index contributed by atoms with van der Waals surface area (Å²) >= 11 is 0. The van der Waals surface area contributed by atoms with Gasteiger partial charge in [-0.15, -0.1) is 24.0 Å². The SMILES string of the molecule is I.c1ccc(N2CCC(NC(=NCCc3ccco3)NC3CCCCC3)C2)nc1. The first-order chi connectivity index (χ1) is 13.9. The van der Waals surface area contributed by atoms with Crippen LogP contribution in [0, 0.1) is 0 Å². The summed E-state index contributed by atoms with van der Waals surface area (Å²) in [5, 5.41) is 7.37. The van der Waals surface area contributed by atoms with Gasteiger partial charge in [0.05, 0.1) is 6.26 Å². The van der Waals surface area contributed by atoms with Gasteiger partial charge in [-0.25, -0.2) is 4.98 Å². The predicted molar refractivity (Wildman–Crippen MR) is 128 cm³/mol. The van der Waals surface area contributed by atoms with Crippen LogP contribution in [0.5, 0.6) is 0 Å². The number of pyridine rings is 1. The highest BCUT2D eigenvalue weighted by molar-refractivity contribution is 14.0. The Kier molecular flexibility index (Phi) is 8.64. The van der Waals surface area contributed by atoms with Gasteiger partial charge in [-0.3, -0.25) is 4.99 Å². The number of halogens is 1. The smallest absolute Gasteiger partial charge is 0.191 e.